The molecule has 5 heterocycles. The normalized spacial score (nSPS) is 15.3. The Morgan fingerprint density at radius 2 is 1.79 bits per heavy atom. The van der Waals surface area contributed by atoms with Gasteiger partial charge >= 0.3 is 5.63 Å². The van der Waals surface area contributed by atoms with E-state index in [-0.39, 0.29) is 6.79 Å². The Labute approximate surface area is 222 Å². The molecule has 2 aliphatic heterocycles. The fourth-order valence-electron chi connectivity index (χ4n) is 5.08. The highest BCUT2D eigenvalue weighted by atomic mass is 79.9. The summed E-state index contributed by atoms with van der Waals surface area (Å²) < 4.78 is 25.6. The van der Waals surface area contributed by atoms with Gasteiger partial charge in [0.1, 0.15) is 11.9 Å². The highest BCUT2D eigenvalue weighted by molar-refractivity contribution is 9.10. The molecule has 0 spiro atoms. The van der Waals surface area contributed by atoms with Crippen molar-refractivity contribution in [3.8, 4) is 34.5 Å². The maximum absolute atomic E-state index is 13.5. The molecule has 0 N–H and O–H groups in total. The van der Waals surface area contributed by atoms with E-state index in [0.717, 1.165) is 15.6 Å². The highest BCUT2D eigenvalue weighted by Gasteiger charge is 2.37. The molecule has 0 saturated carbocycles. The summed E-state index contributed by atoms with van der Waals surface area (Å²) >= 11 is 3.51. The number of hydrogen-bond acceptors (Lipinski definition) is 8. The van der Waals surface area contributed by atoms with Gasteiger partial charge < -0.3 is 18.6 Å². The number of ether oxygens (including phenoxy) is 3. The van der Waals surface area contributed by atoms with E-state index >= 15 is 0 Å². The minimum atomic E-state index is -0.548. The molecule has 0 bridgehead atoms. The van der Waals surface area contributed by atoms with Crippen LogP contribution in [0.2, 0.25) is 0 Å². The van der Waals surface area contributed by atoms with Crippen LogP contribution in [-0.4, -0.2) is 26.4 Å². The predicted molar refractivity (Wildman–Crippen MR) is 140 cm³/mol. The molecule has 1 unspecified atom stereocenters. The van der Waals surface area contributed by atoms with Crippen molar-refractivity contribution in [1.29, 1.82) is 0 Å². The van der Waals surface area contributed by atoms with Crippen molar-refractivity contribution in [2.45, 2.75) is 5.92 Å². The Bertz CT molecular complexity index is 1980. The summed E-state index contributed by atoms with van der Waals surface area (Å²) in [6, 6.07) is 20.6. The third-order valence-corrected chi connectivity index (χ3v) is 7.32. The maximum atomic E-state index is 13.5. The van der Waals surface area contributed by atoms with Gasteiger partial charge in [-0.1, -0.05) is 40.2 Å². The van der Waals surface area contributed by atoms with Crippen LogP contribution in [0.25, 0.3) is 28.0 Å². The van der Waals surface area contributed by atoms with E-state index < -0.39 is 11.5 Å². The maximum Gasteiger partial charge on any atom is 0.344 e. The van der Waals surface area contributed by atoms with E-state index in [9.17, 15) is 4.79 Å². The van der Waals surface area contributed by atoms with E-state index in [2.05, 4.69) is 26.0 Å². The number of fused-ring (bicyclic) bond motifs is 7. The van der Waals surface area contributed by atoms with Crippen LogP contribution in [0.4, 0.5) is 0 Å². The second kappa shape index (κ2) is 7.90. The van der Waals surface area contributed by atoms with Crippen molar-refractivity contribution in [2.75, 3.05) is 6.79 Å². The molecule has 184 valence electrons. The Kier molecular flexibility index (Phi) is 4.45. The third-order valence-electron chi connectivity index (χ3n) is 6.80. The van der Waals surface area contributed by atoms with Gasteiger partial charge in [0, 0.05) is 10.0 Å². The van der Waals surface area contributed by atoms with Gasteiger partial charge in [0.15, 0.2) is 28.7 Å². The zero-order chi connectivity index (χ0) is 25.4. The molecule has 0 aliphatic carbocycles. The number of para-hydroxylation sites is 1. The molecule has 0 amide bonds. The van der Waals surface area contributed by atoms with Crippen LogP contribution in [0.3, 0.4) is 0 Å². The average Bonchev–Trinajstić information content (AvgIpc) is 3.59. The minimum absolute atomic E-state index is 0.178. The molecule has 6 aromatic rings. The van der Waals surface area contributed by atoms with Gasteiger partial charge in [0.05, 0.1) is 22.4 Å². The first-order valence-corrected chi connectivity index (χ1v) is 12.6. The zero-order valence-corrected chi connectivity index (χ0v) is 21.0. The van der Waals surface area contributed by atoms with Gasteiger partial charge in [-0.3, -0.25) is 0 Å². The molecule has 3 aromatic heterocycles. The van der Waals surface area contributed by atoms with Crippen LogP contribution in [0.1, 0.15) is 22.6 Å². The molecule has 3 aromatic carbocycles. The lowest BCUT2D eigenvalue weighted by molar-refractivity contribution is 0.174. The molecule has 0 saturated heterocycles. The first kappa shape index (κ1) is 21.4. The highest BCUT2D eigenvalue weighted by Crippen LogP contribution is 2.49. The van der Waals surface area contributed by atoms with Crippen molar-refractivity contribution in [1.82, 2.24) is 19.6 Å². The Hall–Kier alpha value is -4.70. The van der Waals surface area contributed by atoms with E-state index in [0.29, 0.717) is 56.7 Å². The summed E-state index contributed by atoms with van der Waals surface area (Å²) in [6.45, 7) is 0.178. The molecule has 38 heavy (non-hydrogen) atoms. The van der Waals surface area contributed by atoms with Gasteiger partial charge in [-0.05, 0) is 48.0 Å². The zero-order valence-electron chi connectivity index (χ0n) is 19.4. The van der Waals surface area contributed by atoms with Gasteiger partial charge in [-0.2, -0.15) is 0 Å². The van der Waals surface area contributed by atoms with Crippen LogP contribution in [0.5, 0.6) is 23.1 Å². The largest absolute Gasteiger partial charge is 0.454 e. The molecule has 8 rings (SSSR count). The lowest BCUT2D eigenvalue weighted by Gasteiger charge is -2.27. The molecule has 2 aliphatic rings. The second-order valence-corrected chi connectivity index (χ2v) is 9.87. The predicted octanol–water partition coefficient (Wildman–Crippen LogP) is 5.67. The third kappa shape index (κ3) is 3.10. The van der Waals surface area contributed by atoms with E-state index in [1.54, 1.807) is 16.9 Å². The number of aromatic nitrogens is 4. The number of hydrogen-bond donors (Lipinski definition) is 0. The van der Waals surface area contributed by atoms with Crippen LogP contribution in [0, 0.1) is 0 Å². The smallest absolute Gasteiger partial charge is 0.344 e. The van der Waals surface area contributed by atoms with Crippen LogP contribution >= 0.6 is 15.9 Å². The van der Waals surface area contributed by atoms with Crippen molar-refractivity contribution >= 4 is 32.5 Å². The Balaban J connectivity index is 1.40. The standard InChI is InChI=1S/C28H15BrN4O5/c29-16-8-5-14(6-9-16)21-22-24(17-3-1-2-4-18(17)37-28(22)34)38-27-23(21)26-31-25(32-33(26)12-30-27)15-7-10-19-20(11-15)36-13-35-19/h1-12,21H,13H2. The summed E-state index contributed by atoms with van der Waals surface area (Å²) in [5.74, 6) is 2.03. The molecular weight excluding hydrogens is 552 g/mol. The summed E-state index contributed by atoms with van der Waals surface area (Å²) in [5.41, 5.74) is 3.13. The second-order valence-electron chi connectivity index (χ2n) is 8.95. The fraction of sp³-hybridized carbons (Fsp3) is 0.0714. The van der Waals surface area contributed by atoms with Gasteiger partial charge in [0.2, 0.25) is 12.7 Å². The van der Waals surface area contributed by atoms with E-state index in [4.69, 9.17) is 23.6 Å². The van der Waals surface area contributed by atoms with Crippen molar-refractivity contribution in [3.63, 3.8) is 0 Å². The topological polar surface area (TPSA) is 101 Å². The lowest BCUT2D eigenvalue weighted by Crippen LogP contribution is -2.22. The number of benzene rings is 3. The van der Waals surface area contributed by atoms with Gasteiger partial charge in [0.25, 0.3) is 0 Å². The van der Waals surface area contributed by atoms with Gasteiger partial charge in [-0.15, -0.1) is 5.10 Å². The van der Waals surface area contributed by atoms with E-state index in [1.165, 1.54) is 0 Å². The van der Waals surface area contributed by atoms with E-state index in [1.807, 2.05) is 60.7 Å². The molecule has 0 radical (unpaired) electrons. The van der Waals surface area contributed by atoms with Crippen molar-refractivity contribution in [2.24, 2.45) is 0 Å². The number of nitrogens with zero attached hydrogens (tertiary/aromatic N) is 4. The van der Waals surface area contributed by atoms with Gasteiger partial charge in [-0.25, -0.2) is 19.3 Å². The van der Waals surface area contributed by atoms with Crippen molar-refractivity contribution in [3.05, 3.63) is 105 Å². The Morgan fingerprint density at radius 3 is 2.68 bits per heavy atom. The van der Waals surface area contributed by atoms with Crippen LogP contribution in [-0.2, 0) is 0 Å². The molecular formula is C28H15BrN4O5. The SMILES string of the molecule is O=c1oc2ccccc2c2c1C(c1ccc(Br)cc1)c1c(ncn3nc(-c4ccc5c(c4)OCO5)nc13)O2. The van der Waals surface area contributed by atoms with Crippen LogP contribution < -0.4 is 19.8 Å². The molecule has 10 heteroatoms. The first-order valence-electron chi connectivity index (χ1n) is 11.8. The lowest BCUT2D eigenvalue weighted by atomic mass is 9.84. The summed E-state index contributed by atoms with van der Waals surface area (Å²) in [5, 5.41) is 5.36. The molecule has 0 fully saturated rings. The first-order chi connectivity index (χ1) is 18.6. The molecule has 9 nitrogen and oxygen atoms in total. The van der Waals surface area contributed by atoms with Crippen LogP contribution in [0.15, 0.2) is 86.7 Å². The summed E-state index contributed by atoms with van der Waals surface area (Å²) in [7, 11) is 0. The quantitative estimate of drug-likeness (QED) is 0.246. The summed E-state index contributed by atoms with van der Waals surface area (Å²) in [4.78, 5) is 22.9. The average molecular weight is 567 g/mol. The minimum Gasteiger partial charge on any atom is -0.454 e. The fourth-order valence-corrected chi connectivity index (χ4v) is 5.34. The Morgan fingerprint density at radius 1 is 0.947 bits per heavy atom. The van der Waals surface area contributed by atoms with Crippen molar-refractivity contribution < 1.29 is 18.6 Å². The monoisotopic (exact) mass is 566 g/mol. The summed E-state index contributed by atoms with van der Waals surface area (Å²) in [6.07, 6.45) is 1.56. The molecule has 1 atom stereocenters. The number of rotatable bonds is 2. The number of halogens is 1.